The minimum atomic E-state index is -4.19. The molecule has 2 aliphatic carbocycles. The average molecular weight is 570 g/mol. The Labute approximate surface area is 212 Å². The fourth-order valence-corrected chi connectivity index (χ4v) is 8.70. The molecule has 34 heavy (non-hydrogen) atoms. The normalized spacial score (nSPS) is 39.5. The molecule has 0 aromatic carbocycles. The molecule has 1 saturated heterocycles. The molecule has 4 aliphatic rings. The van der Waals surface area contributed by atoms with Crippen LogP contribution in [0.4, 0.5) is 13.2 Å². The standard InChI is InChI=1S/C24H36BrF3N2O3S/c1-33-23(32)15-8-6-14(7-9-15)12-19-22(31)30(18-10-11-20(25)29-21(18)34-19)13-16-4-2-3-5-17(16)24(26,27)28/h11,14-19,21-22,29,31H,2-10,12-13H2,1H3. The number of methoxy groups -OCH3 is 1. The Morgan fingerprint density at radius 3 is 2.62 bits per heavy atom. The van der Waals surface area contributed by atoms with E-state index in [1.54, 1.807) is 11.8 Å². The molecule has 3 fully saturated rings. The van der Waals surface area contributed by atoms with Gasteiger partial charge in [0.15, 0.2) is 0 Å². The molecular formula is C24H36BrF3N2O3S. The highest BCUT2D eigenvalue weighted by molar-refractivity contribution is 9.11. The fourth-order valence-electron chi connectivity index (χ4n) is 6.42. The van der Waals surface area contributed by atoms with Crippen LogP contribution in [0, 0.1) is 23.7 Å². The molecule has 0 amide bonds. The summed E-state index contributed by atoms with van der Waals surface area (Å²) in [6, 6.07) is -0.0385. The summed E-state index contributed by atoms with van der Waals surface area (Å²) in [6.45, 7) is 0.284. The molecular weight excluding hydrogens is 533 g/mol. The number of alkyl halides is 3. The molecule has 2 aliphatic heterocycles. The van der Waals surface area contributed by atoms with Gasteiger partial charge in [0.1, 0.15) is 6.23 Å². The van der Waals surface area contributed by atoms with E-state index in [1.165, 1.54) is 7.11 Å². The molecule has 2 saturated carbocycles. The first-order chi connectivity index (χ1) is 16.2. The van der Waals surface area contributed by atoms with Crippen LogP contribution in [0.3, 0.4) is 0 Å². The van der Waals surface area contributed by atoms with E-state index >= 15 is 0 Å². The number of fused-ring (bicyclic) bond motifs is 1. The van der Waals surface area contributed by atoms with Gasteiger partial charge >= 0.3 is 12.1 Å². The van der Waals surface area contributed by atoms with Crippen molar-refractivity contribution >= 4 is 33.7 Å². The van der Waals surface area contributed by atoms with Crippen molar-refractivity contribution in [3.63, 3.8) is 0 Å². The van der Waals surface area contributed by atoms with E-state index in [-0.39, 0.29) is 41.5 Å². The van der Waals surface area contributed by atoms with Crippen molar-refractivity contribution in [2.75, 3.05) is 13.7 Å². The van der Waals surface area contributed by atoms with Crippen molar-refractivity contribution in [2.45, 2.75) is 93.3 Å². The maximum Gasteiger partial charge on any atom is 0.392 e. The number of nitrogens with one attached hydrogen (secondary N) is 1. The largest absolute Gasteiger partial charge is 0.469 e. The summed E-state index contributed by atoms with van der Waals surface area (Å²) in [5, 5.41) is 14.8. The minimum absolute atomic E-state index is 0.0205. The monoisotopic (exact) mass is 568 g/mol. The van der Waals surface area contributed by atoms with Gasteiger partial charge in [-0.15, -0.1) is 11.8 Å². The van der Waals surface area contributed by atoms with E-state index in [1.807, 2.05) is 11.0 Å². The maximum absolute atomic E-state index is 13.8. The molecule has 194 valence electrons. The summed E-state index contributed by atoms with van der Waals surface area (Å²) in [5.41, 5.74) is 0. The van der Waals surface area contributed by atoms with Crippen LogP contribution in [0.5, 0.6) is 0 Å². The highest BCUT2D eigenvalue weighted by atomic mass is 79.9. The number of thioether (sulfide) groups is 1. The number of rotatable bonds is 5. The van der Waals surface area contributed by atoms with Gasteiger partial charge in [-0.05, 0) is 79.1 Å². The third kappa shape index (κ3) is 6.09. The Morgan fingerprint density at radius 1 is 1.24 bits per heavy atom. The van der Waals surface area contributed by atoms with Crippen molar-refractivity contribution in [1.82, 2.24) is 10.2 Å². The molecule has 0 aromatic heterocycles. The number of nitrogens with zero attached hydrogens (tertiary/aromatic N) is 1. The minimum Gasteiger partial charge on any atom is -0.469 e. The highest BCUT2D eigenvalue weighted by Crippen LogP contribution is 2.46. The molecule has 0 spiro atoms. The third-order valence-electron chi connectivity index (χ3n) is 8.31. The number of esters is 1. The van der Waals surface area contributed by atoms with E-state index in [0.29, 0.717) is 25.2 Å². The van der Waals surface area contributed by atoms with Crippen molar-refractivity contribution in [1.29, 1.82) is 0 Å². The summed E-state index contributed by atoms with van der Waals surface area (Å²) in [7, 11) is 1.42. The lowest BCUT2D eigenvalue weighted by Gasteiger charge is -2.51. The second-order valence-electron chi connectivity index (χ2n) is 10.4. The second-order valence-corrected chi connectivity index (χ2v) is 12.6. The van der Waals surface area contributed by atoms with Crippen molar-refractivity contribution in [3.8, 4) is 0 Å². The van der Waals surface area contributed by atoms with Gasteiger partial charge in [-0.25, -0.2) is 0 Å². The average Bonchev–Trinajstić information content (AvgIpc) is 2.81. The van der Waals surface area contributed by atoms with E-state index < -0.39 is 24.2 Å². The molecule has 2 heterocycles. The van der Waals surface area contributed by atoms with E-state index in [2.05, 4.69) is 21.2 Å². The van der Waals surface area contributed by atoms with Crippen LogP contribution in [-0.4, -0.2) is 58.7 Å². The summed E-state index contributed by atoms with van der Waals surface area (Å²) >= 11 is 5.25. The fraction of sp³-hybridized carbons (Fsp3) is 0.875. The van der Waals surface area contributed by atoms with E-state index in [9.17, 15) is 23.1 Å². The van der Waals surface area contributed by atoms with Crippen LogP contribution in [0.15, 0.2) is 10.7 Å². The molecule has 0 aromatic rings. The first-order valence-electron chi connectivity index (χ1n) is 12.5. The molecule has 5 nitrogen and oxygen atoms in total. The number of hydrogen-bond acceptors (Lipinski definition) is 6. The molecule has 6 unspecified atom stereocenters. The van der Waals surface area contributed by atoms with Gasteiger partial charge in [0.05, 0.1) is 28.9 Å². The Bertz CT molecular complexity index is 747. The smallest absolute Gasteiger partial charge is 0.392 e. The lowest BCUT2D eigenvalue weighted by molar-refractivity contribution is -0.201. The second kappa shape index (κ2) is 11.3. The Balaban J connectivity index is 1.46. The van der Waals surface area contributed by atoms with Crippen LogP contribution < -0.4 is 5.32 Å². The van der Waals surface area contributed by atoms with Crippen LogP contribution in [-0.2, 0) is 9.53 Å². The quantitative estimate of drug-likeness (QED) is 0.343. The highest BCUT2D eigenvalue weighted by Gasteiger charge is 2.50. The van der Waals surface area contributed by atoms with Gasteiger partial charge in [-0.2, -0.15) is 13.2 Å². The molecule has 2 N–H and O–H groups in total. The van der Waals surface area contributed by atoms with E-state index in [4.69, 9.17) is 4.74 Å². The van der Waals surface area contributed by atoms with Crippen molar-refractivity contribution < 1.29 is 27.8 Å². The summed E-state index contributed by atoms with van der Waals surface area (Å²) in [4.78, 5) is 13.8. The van der Waals surface area contributed by atoms with E-state index in [0.717, 1.165) is 43.1 Å². The third-order valence-corrected chi connectivity index (χ3v) is 10.4. The lowest BCUT2D eigenvalue weighted by Crippen LogP contribution is -2.62. The zero-order valence-corrected chi connectivity index (χ0v) is 22.0. The van der Waals surface area contributed by atoms with Crippen molar-refractivity contribution in [2.24, 2.45) is 23.7 Å². The zero-order chi connectivity index (χ0) is 24.5. The van der Waals surface area contributed by atoms with Crippen LogP contribution in [0.1, 0.15) is 64.2 Å². The van der Waals surface area contributed by atoms with Gasteiger partial charge in [-0.1, -0.05) is 18.9 Å². The first kappa shape index (κ1) is 26.6. The molecule has 4 rings (SSSR count). The van der Waals surface area contributed by atoms with Crippen molar-refractivity contribution in [3.05, 3.63) is 10.7 Å². The number of hydrogen-bond donors (Lipinski definition) is 2. The molecule has 0 bridgehead atoms. The summed E-state index contributed by atoms with van der Waals surface area (Å²) in [6.07, 6.45) is 4.16. The maximum atomic E-state index is 13.8. The Morgan fingerprint density at radius 2 is 1.94 bits per heavy atom. The van der Waals surface area contributed by atoms with Crippen LogP contribution >= 0.6 is 27.7 Å². The topological polar surface area (TPSA) is 61.8 Å². The van der Waals surface area contributed by atoms with Gasteiger partial charge in [0.2, 0.25) is 0 Å². The predicted molar refractivity (Wildman–Crippen MR) is 130 cm³/mol. The number of aliphatic hydroxyl groups is 1. The SMILES string of the molecule is COC(=O)C1CCC(CC2SC3NC(Br)=CCC3N(CC3CCCCC3C(F)(F)F)C2O)CC1. The number of carbonyl (C=O) groups is 1. The van der Waals surface area contributed by atoms with Crippen LogP contribution in [0.25, 0.3) is 0 Å². The molecule has 10 heteroatoms. The number of carbonyl (C=O) groups excluding carboxylic acids is 1. The summed E-state index contributed by atoms with van der Waals surface area (Å²) < 4.78 is 47.1. The Kier molecular flexibility index (Phi) is 8.84. The predicted octanol–water partition coefficient (Wildman–Crippen LogP) is 5.38. The van der Waals surface area contributed by atoms with Gasteiger partial charge in [-0.3, -0.25) is 9.69 Å². The zero-order valence-electron chi connectivity index (χ0n) is 19.6. The number of aliphatic hydroxyl groups excluding tert-OH is 1. The number of halogens is 4. The molecule has 6 atom stereocenters. The lowest BCUT2D eigenvalue weighted by atomic mass is 9.78. The van der Waals surface area contributed by atoms with Gasteiger partial charge < -0.3 is 15.2 Å². The Hall–Kier alpha value is -0.450. The van der Waals surface area contributed by atoms with Crippen LogP contribution in [0.2, 0.25) is 0 Å². The molecule has 0 radical (unpaired) electrons. The first-order valence-corrected chi connectivity index (χ1v) is 14.3. The number of ether oxygens (including phenoxy) is 1. The van der Waals surface area contributed by atoms with Gasteiger partial charge in [0, 0.05) is 17.8 Å². The summed E-state index contributed by atoms with van der Waals surface area (Å²) in [5.74, 6) is -1.55. The van der Waals surface area contributed by atoms with Gasteiger partial charge in [0.25, 0.3) is 0 Å².